The van der Waals surface area contributed by atoms with Crippen LogP contribution in [0.5, 0.6) is 5.75 Å². The van der Waals surface area contributed by atoms with Gasteiger partial charge in [0.2, 0.25) is 5.91 Å². The molecule has 1 aliphatic heterocycles. The number of anilines is 1. The second kappa shape index (κ2) is 9.79. The smallest absolute Gasteiger partial charge is 0.481 e. The molecule has 0 saturated heterocycles. The Morgan fingerprint density at radius 3 is 2.32 bits per heavy atom. The summed E-state index contributed by atoms with van der Waals surface area (Å²) in [6, 6.07) is 10.3. The third kappa shape index (κ3) is 5.05. The van der Waals surface area contributed by atoms with Crippen molar-refractivity contribution in [3.05, 3.63) is 54.1 Å². The van der Waals surface area contributed by atoms with Gasteiger partial charge in [-0.15, -0.1) is 13.2 Å². The highest BCUT2D eigenvalue weighted by atomic mass is 32.2. The minimum atomic E-state index is -4.90. The number of hydrogen-bond acceptors (Lipinski definition) is 5. The predicted octanol–water partition coefficient (Wildman–Crippen LogP) is 4.86. The van der Waals surface area contributed by atoms with E-state index in [1.54, 1.807) is 29.2 Å². The predicted molar refractivity (Wildman–Crippen MR) is 130 cm³/mol. The molecule has 0 aromatic heterocycles. The molecule has 0 spiro atoms. The quantitative estimate of drug-likeness (QED) is 0.502. The van der Waals surface area contributed by atoms with Crippen LogP contribution in [0.15, 0.2) is 53.4 Å². The van der Waals surface area contributed by atoms with Gasteiger partial charge in [-0.25, -0.2) is 8.42 Å². The number of nitrogens with zero attached hydrogens (tertiary/aromatic N) is 2. The lowest BCUT2D eigenvalue weighted by Gasteiger charge is -2.48. The van der Waals surface area contributed by atoms with Crippen LogP contribution in [0.1, 0.15) is 56.6 Å². The Balaban J connectivity index is 1.54. The van der Waals surface area contributed by atoms with Crippen LogP contribution in [0, 0.1) is 5.92 Å². The van der Waals surface area contributed by atoms with Gasteiger partial charge in [0.1, 0.15) is 5.75 Å². The first kappa shape index (κ1) is 26.3. The zero-order valence-electron chi connectivity index (χ0n) is 20.3. The normalized spacial score (nSPS) is 22.9. The number of carbonyl (C=O) groups excluding carboxylic acids is 1. The van der Waals surface area contributed by atoms with E-state index in [4.69, 9.17) is 5.11 Å². The summed E-state index contributed by atoms with van der Waals surface area (Å²) in [4.78, 5) is 26.1. The summed E-state index contributed by atoms with van der Waals surface area (Å²) < 4.78 is 70.9. The first-order chi connectivity index (χ1) is 18.0. The summed E-state index contributed by atoms with van der Waals surface area (Å²) in [5, 5.41) is 9.11. The molecular weight excluding hydrogens is 525 g/mol. The Labute approximate surface area is 218 Å². The maximum absolute atomic E-state index is 13.9. The number of carboxylic acid groups (broad SMARTS) is 1. The fraction of sp³-hybridized carbons (Fsp3) is 0.462. The van der Waals surface area contributed by atoms with Crippen LogP contribution < -0.4 is 9.04 Å². The first-order valence-corrected chi connectivity index (χ1v) is 13.9. The molecule has 3 atom stereocenters. The second-order valence-electron chi connectivity index (χ2n) is 9.91. The molecule has 2 saturated carbocycles. The average molecular weight is 553 g/mol. The summed E-state index contributed by atoms with van der Waals surface area (Å²) in [6.45, 7) is 0. The van der Waals surface area contributed by atoms with Gasteiger partial charge in [0.25, 0.3) is 10.0 Å². The lowest BCUT2D eigenvalue weighted by atomic mass is 9.82. The van der Waals surface area contributed by atoms with Crippen molar-refractivity contribution in [3.8, 4) is 5.75 Å². The molecule has 1 heterocycles. The van der Waals surface area contributed by atoms with E-state index >= 15 is 0 Å². The van der Waals surface area contributed by atoms with Gasteiger partial charge in [-0.1, -0.05) is 24.6 Å². The monoisotopic (exact) mass is 552 g/mol. The number of para-hydroxylation sites is 1. The van der Waals surface area contributed by atoms with Crippen LogP contribution in [0.4, 0.5) is 18.9 Å². The number of sulfonamides is 1. The third-order valence-electron chi connectivity index (χ3n) is 7.43. The Morgan fingerprint density at radius 2 is 1.68 bits per heavy atom. The number of benzene rings is 2. The van der Waals surface area contributed by atoms with Crippen LogP contribution in [0.3, 0.4) is 0 Å². The lowest BCUT2D eigenvalue weighted by Crippen LogP contribution is -2.52. The fourth-order valence-electron chi connectivity index (χ4n) is 5.85. The second-order valence-corrected chi connectivity index (χ2v) is 11.7. The van der Waals surface area contributed by atoms with Crippen LogP contribution in [0.25, 0.3) is 0 Å². The van der Waals surface area contributed by atoms with E-state index in [1.165, 1.54) is 4.31 Å². The Bertz CT molecular complexity index is 1330. The van der Waals surface area contributed by atoms with E-state index in [0.717, 1.165) is 43.5 Å². The summed E-state index contributed by atoms with van der Waals surface area (Å²) in [7, 11) is -4.17. The third-order valence-corrected chi connectivity index (χ3v) is 9.28. The fourth-order valence-corrected chi connectivity index (χ4v) is 7.60. The van der Waals surface area contributed by atoms with Crippen molar-refractivity contribution in [2.24, 2.45) is 5.92 Å². The zero-order chi connectivity index (χ0) is 27.2. The van der Waals surface area contributed by atoms with Crippen molar-refractivity contribution < 1.29 is 41.0 Å². The number of alkyl halides is 3. The molecule has 8 nitrogen and oxygen atoms in total. The summed E-state index contributed by atoms with van der Waals surface area (Å²) >= 11 is 0. The van der Waals surface area contributed by atoms with Crippen molar-refractivity contribution in [1.82, 2.24) is 4.90 Å². The molecule has 3 aliphatic rings. The average Bonchev–Trinajstić information content (AvgIpc) is 3.57. The molecule has 2 fully saturated rings. The van der Waals surface area contributed by atoms with Crippen molar-refractivity contribution >= 4 is 27.6 Å². The highest BCUT2D eigenvalue weighted by molar-refractivity contribution is 7.92. The van der Waals surface area contributed by atoms with Gasteiger partial charge in [-0.2, -0.15) is 0 Å². The van der Waals surface area contributed by atoms with E-state index in [1.807, 2.05) is 0 Å². The van der Waals surface area contributed by atoms with E-state index in [-0.39, 0.29) is 41.6 Å². The van der Waals surface area contributed by atoms with Gasteiger partial charge in [0.05, 0.1) is 29.1 Å². The van der Waals surface area contributed by atoms with Crippen molar-refractivity contribution in [2.75, 3.05) is 4.31 Å². The molecule has 38 heavy (non-hydrogen) atoms. The van der Waals surface area contributed by atoms with E-state index in [0.29, 0.717) is 24.1 Å². The standard InChI is InChI=1S/C26H27F3N2O6S/c27-26(28,29)37-17-10-12-18(13-11-17)38(35,36)31-21-6-2-1-4-19(21)25(20-5-3-7-22(20)31)30(16-8-9-16)23(32)14-15-24(33)34/h1-2,4,6,10-13,16,20,22,25H,3,5,7-9,14-15H2,(H,33,34). The Kier molecular flexibility index (Phi) is 6.79. The largest absolute Gasteiger partial charge is 0.573 e. The summed E-state index contributed by atoms with van der Waals surface area (Å²) in [6.07, 6.45) is -1.70. The molecule has 5 rings (SSSR count). The zero-order valence-corrected chi connectivity index (χ0v) is 21.1. The van der Waals surface area contributed by atoms with Crippen LogP contribution >= 0.6 is 0 Å². The Hall–Kier alpha value is -3.28. The summed E-state index contributed by atoms with van der Waals surface area (Å²) in [5.74, 6) is -2.03. The van der Waals surface area contributed by atoms with Gasteiger partial charge in [0, 0.05) is 18.4 Å². The molecule has 2 aromatic rings. The maximum atomic E-state index is 13.9. The molecule has 3 unspecified atom stereocenters. The van der Waals surface area contributed by atoms with Gasteiger partial charge in [0.15, 0.2) is 0 Å². The molecule has 204 valence electrons. The number of aliphatic carboxylic acids is 1. The highest BCUT2D eigenvalue weighted by Crippen LogP contribution is 2.54. The number of amides is 1. The first-order valence-electron chi connectivity index (χ1n) is 12.5. The lowest BCUT2D eigenvalue weighted by molar-refractivity contribution is -0.274. The van der Waals surface area contributed by atoms with E-state index in [2.05, 4.69) is 4.74 Å². The van der Waals surface area contributed by atoms with Gasteiger partial charge >= 0.3 is 12.3 Å². The number of hydrogen-bond donors (Lipinski definition) is 1. The molecule has 1 amide bonds. The van der Waals surface area contributed by atoms with Crippen LogP contribution in [-0.4, -0.2) is 48.7 Å². The van der Waals surface area contributed by atoms with Gasteiger partial charge in [-0.05, 0) is 61.6 Å². The maximum Gasteiger partial charge on any atom is 0.573 e. The van der Waals surface area contributed by atoms with E-state index < -0.39 is 34.1 Å². The number of halogens is 3. The minimum Gasteiger partial charge on any atom is -0.481 e. The van der Waals surface area contributed by atoms with Crippen molar-refractivity contribution in [1.29, 1.82) is 0 Å². The van der Waals surface area contributed by atoms with Crippen molar-refractivity contribution in [2.45, 2.75) is 74.3 Å². The Morgan fingerprint density at radius 1 is 1.00 bits per heavy atom. The molecule has 0 radical (unpaired) electrons. The number of rotatable bonds is 8. The van der Waals surface area contributed by atoms with Crippen LogP contribution in [0.2, 0.25) is 0 Å². The molecule has 2 aliphatic carbocycles. The van der Waals surface area contributed by atoms with E-state index in [9.17, 15) is 31.2 Å². The van der Waals surface area contributed by atoms with Crippen LogP contribution in [-0.2, 0) is 19.6 Å². The molecule has 12 heteroatoms. The number of ether oxygens (including phenoxy) is 1. The minimum absolute atomic E-state index is 0.0139. The molecule has 0 bridgehead atoms. The molecular formula is C26H27F3N2O6S. The van der Waals surface area contributed by atoms with Gasteiger partial charge < -0.3 is 14.7 Å². The number of carbonyl (C=O) groups is 2. The van der Waals surface area contributed by atoms with Crippen molar-refractivity contribution in [3.63, 3.8) is 0 Å². The topological polar surface area (TPSA) is 104 Å². The van der Waals surface area contributed by atoms with Gasteiger partial charge in [-0.3, -0.25) is 13.9 Å². The highest BCUT2D eigenvalue weighted by Gasteiger charge is 2.52. The number of carboxylic acids is 1. The molecule has 2 aromatic carbocycles. The SMILES string of the molecule is O=C(O)CCC(=O)N(C1CC1)C1c2ccccc2N(S(=O)(=O)c2ccc(OC(F)(F)F)cc2)C2CCCC12. The summed E-state index contributed by atoms with van der Waals surface area (Å²) in [5.41, 5.74) is 1.10. The number of fused-ring (bicyclic) bond motifs is 2. The molecule has 1 N–H and O–H groups in total.